The molecule has 1 saturated heterocycles. The molecule has 1 aromatic heterocycles. The maximum absolute atomic E-state index is 13.5. The minimum Gasteiger partial charge on any atom is -0.353 e. The molecule has 6 nitrogen and oxygen atoms in total. The largest absolute Gasteiger partial charge is 0.416 e. The second-order valence-electron chi connectivity index (χ2n) is 9.55. The number of halogens is 3. The van der Waals surface area contributed by atoms with Crippen molar-refractivity contribution in [1.82, 2.24) is 20.2 Å². The van der Waals surface area contributed by atoms with E-state index in [-0.39, 0.29) is 11.9 Å². The smallest absolute Gasteiger partial charge is 0.353 e. The number of hydrogen-bond donors (Lipinski definition) is 1. The molecule has 1 aliphatic carbocycles. The monoisotopic (exact) mass is 475 g/mol. The predicted molar refractivity (Wildman–Crippen MR) is 125 cm³/mol. The lowest BCUT2D eigenvalue weighted by Gasteiger charge is -2.38. The van der Waals surface area contributed by atoms with Crippen molar-refractivity contribution in [2.24, 2.45) is 0 Å². The van der Waals surface area contributed by atoms with Gasteiger partial charge in [0, 0.05) is 50.0 Å². The summed E-state index contributed by atoms with van der Waals surface area (Å²) in [6.45, 7) is 8.96. The number of carbonyl (C=O) groups excluding carboxylic acids is 1. The third-order valence-electron chi connectivity index (χ3n) is 6.81. The molecule has 2 heterocycles. The number of alkyl halides is 3. The van der Waals surface area contributed by atoms with E-state index < -0.39 is 17.7 Å². The summed E-state index contributed by atoms with van der Waals surface area (Å²) >= 11 is 0. The van der Waals surface area contributed by atoms with E-state index in [2.05, 4.69) is 27.1 Å². The van der Waals surface area contributed by atoms with E-state index >= 15 is 0 Å². The van der Waals surface area contributed by atoms with Crippen LogP contribution in [0.15, 0.2) is 30.6 Å². The van der Waals surface area contributed by atoms with E-state index in [1.807, 2.05) is 18.7 Å². The number of nitrogens with one attached hydrogen (secondary N) is 1. The maximum Gasteiger partial charge on any atom is 0.416 e. The number of carbonyl (C=O) groups is 1. The first-order valence-corrected chi connectivity index (χ1v) is 11.9. The van der Waals surface area contributed by atoms with Crippen LogP contribution in [0.25, 0.3) is 0 Å². The molecule has 2 unspecified atom stereocenters. The Morgan fingerprint density at radius 1 is 1.12 bits per heavy atom. The van der Waals surface area contributed by atoms with Gasteiger partial charge in [0.25, 0.3) is 0 Å². The molecule has 2 aromatic rings. The number of nitrogens with zero attached hydrogens (tertiary/aromatic N) is 4. The Morgan fingerprint density at radius 3 is 2.41 bits per heavy atom. The predicted octanol–water partition coefficient (Wildman–Crippen LogP) is 3.98. The molecule has 0 saturated carbocycles. The minimum absolute atomic E-state index is 0.0613. The first kappa shape index (κ1) is 24.4. The average molecular weight is 476 g/mol. The molecular weight excluding hydrogens is 443 g/mol. The van der Waals surface area contributed by atoms with E-state index in [0.717, 1.165) is 36.5 Å². The number of amides is 1. The SMILES string of the molecule is CC(C)NCC(C(=O)N1CCN(c2ncnc3c2C(C)CC3)CC1)c1ccc(C(F)(F)F)cc1. The van der Waals surface area contributed by atoms with Crippen LogP contribution in [0, 0.1) is 0 Å². The lowest BCUT2D eigenvalue weighted by Crippen LogP contribution is -2.51. The highest BCUT2D eigenvalue weighted by molar-refractivity contribution is 5.84. The Kier molecular flexibility index (Phi) is 7.12. The molecule has 0 spiro atoms. The molecule has 1 aliphatic heterocycles. The van der Waals surface area contributed by atoms with Crippen LogP contribution in [0.4, 0.5) is 19.0 Å². The molecule has 34 heavy (non-hydrogen) atoms. The van der Waals surface area contributed by atoms with Crippen molar-refractivity contribution in [2.75, 3.05) is 37.6 Å². The first-order chi connectivity index (χ1) is 16.1. The average Bonchev–Trinajstić information content (AvgIpc) is 3.20. The van der Waals surface area contributed by atoms with Crippen molar-refractivity contribution in [3.05, 3.63) is 53.0 Å². The van der Waals surface area contributed by atoms with Gasteiger partial charge in [-0.15, -0.1) is 0 Å². The molecule has 2 atom stereocenters. The summed E-state index contributed by atoms with van der Waals surface area (Å²) in [5.74, 6) is 0.799. The Labute approximate surface area is 198 Å². The third kappa shape index (κ3) is 5.19. The quantitative estimate of drug-likeness (QED) is 0.685. The van der Waals surface area contributed by atoms with Crippen molar-refractivity contribution >= 4 is 11.7 Å². The molecule has 2 aliphatic rings. The van der Waals surface area contributed by atoms with Crippen LogP contribution in [0.2, 0.25) is 0 Å². The fraction of sp³-hybridized carbons (Fsp3) is 0.560. The molecular formula is C25H32F3N5O. The number of anilines is 1. The second-order valence-corrected chi connectivity index (χ2v) is 9.55. The molecule has 1 N–H and O–H groups in total. The van der Waals surface area contributed by atoms with Crippen LogP contribution in [0.1, 0.15) is 61.4 Å². The van der Waals surface area contributed by atoms with Gasteiger partial charge in [-0.1, -0.05) is 32.9 Å². The Bertz CT molecular complexity index is 1000. The molecule has 4 rings (SSSR count). The Morgan fingerprint density at radius 2 is 1.79 bits per heavy atom. The van der Waals surface area contributed by atoms with Gasteiger partial charge in [0.2, 0.25) is 5.91 Å². The Hall–Kier alpha value is -2.68. The number of benzene rings is 1. The summed E-state index contributed by atoms with van der Waals surface area (Å²) < 4.78 is 39.0. The zero-order valence-corrected chi connectivity index (χ0v) is 19.9. The number of aromatic nitrogens is 2. The van der Waals surface area contributed by atoms with Crippen LogP contribution in [0.3, 0.4) is 0 Å². The molecule has 0 bridgehead atoms. The highest BCUT2D eigenvalue weighted by atomic mass is 19.4. The first-order valence-electron chi connectivity index (χ1n) is 11.9. The van der Waals surface area contributed by atoms with Crippen LogP contribution in [-0.4, -0.2) is 59.5 Å². The standard InChI is InChI=1S/C25H32F3N5O/c1-16(2)29-14-20(18-5-7-19(8-6-18)25(26,27)28)24(34)33-12-10-32(11-13-33)23-22-17(3)4-9-21(22)30-15-31-23/h5-8,15-17,20,29H,4,9-14H2,1-3H3. The summed E-state index contributed by atoms with van der Waals surface area (Å²) in [5.41, 5.74) is 2.24. The van der Waals surface area contributed by atoms with Crippen molar-refractivity contribution in [3.63, 3.8) is 0 Å². The summed E-state index contributed by atoms with van der Waals surface area (Å²) in [6, 6.07) is 5.12. The van der Waals surface area contributed by atoms with Gasteiger partial charge < -0.3 is 15.1 Å². The lowest BCUT2D eigenvalue weighted by atomic mass is 9.95. The van der Waals surface area contributed by atoms with Crippen molar-refractivity contribution in [2.45, 2.75) is 57.7 Å². The number of hydrogen-bond acceptors (Lipinski definition) is 5. The van der Waals surface area contributed by atoms with Crippen molar-refractivity contribution in [3.8, 4) is 0 Å². The lowest BCUT2D eigenvalue weighted by molar-refractivity contribution is -0.137. The van der Waals surface area contributed by atoms with Gasteiger partial charge in [-0.05, 0) is 36.5 Å². The molecule has 1 fully saturated rings. The van der Waals surface area contributed by atoms with Gasteiger partial charge >= 0.3 is 6.18 Å². The van der Waals surface area contributed by atoms with Crippen LogP contribution in [0.5, 0.6) is 0 Å². The fourth-order valence-corrected chi connectivity index (χ4v) is 4.84. The summed E-state index contributed by atoms with van der Waals surface area (Å²) in [6.07, 6.45) is -0.718. The van der Waals surface area contributed by atoms with Gasteiger partial charge in [-0.3, -0.25) is 4.79 Å². The summed E-state index contributed by atoms with van der Waals surface area (Å²) in [5, 5.41) is 3.28. The zero-order valence-electron chi connectivity index (χ0n) is 19.9. The topological polar surface area (TPSA) is 61.4 Å². The van der Waals surface area contributed by atoms with Gasteiger partial charge in [-0.25, -0.2) is 9.97 Å². The number of piperazine rings is 1. The van der Waals surface area contributed by atoms with E-state index in [1.54, 1.807) is 6.33 Å². The highest BCUT2D eigenvalue weighted by Crippen LogP contribution is 2.37. The normalized spacial score (nSPS) is 19.4. The Balaban J connectivity index is 1.47. The van der Waals surface area contributed by atoms with Crippen LogP contribution >= 0.6 is 0 Å². The summed E-state index contributed by atoms with van der Waals surface area (Å²) in [7, 11) is 0. The zero-order chi connectivity index (χ0) is 24.5. The molecule has 1 aromatic carbocycles. The maximum atomic E-state index is 13.5. The summed E-state index contributed by atoms with van der Waals surface area (Å²) in [4.78, 5) is 26.6. The third-order valence-corrected chi connectivity index (χ3v) is 6.81. The van der Waals surface area contributed by atoms with E-state index in [1.165, 1.54) is 17.7 Å². The fourth-order valence-electron chi connectivity index (χ4n) is 4.84. The highest BCUT2D eigenvalue weighted by Gasteiger charge is 2.33. The van der Waals surface area contributed by atoms with Gasteiger partial charge in [0.1, 0.15) is 12.1 Å². The van der Waals surface area contributed by atoms with Gasteiger partial charge in [0.05, 0.1) is 11.5 Å². The van der Waals surface area contributed by atoms with Crippen LogP contribution < -0.4 is 10.2 Å². The van der Waals surface area contributed by atoms with E-state index in [9.17, 15) is 18.0 Å². The number of fused-ring (bicyclic) bond motifs is 1. The van der Waals surface area contributed by atoms with E-state index in [0.29, 0.717) is 44.2 Å². The number of aryl methyl sites for hydroxylation is 1. The van der Waals surface area contributed by atoms with Gasteiger partial charge in [-0.2, -0.15) is 13.2 Å². The molecule has 9 heteroatoms. The molecule has 0 radical (unpaired) electrons. The van der Waals surface area contributed by atoms with Gasteiger partial charge in [0.15, 0.2) is 0 Å². The van der Waals surface area contributed by atoms with E-state index in [4.69, 9.17) is 0 Å². The molecule has 184 valence electrons. The molecule has 1 amide bonds. The van der Waals surface area contributed by atoms with Crippen LogP contribution in [-0.2, 0) is 17.4 Å². The number of rotatable bonds is 6. The second kappa shape index (κ2) is 9.90. The van der Waals surface area contributed by atoms with Crippen molar-refractivity contribution in [1.29, 1.82) is 0 Å². The van der Waals surface area contributed by atoms with Crippen molar-refractivity contribution < 1.29 is 18.0 Å². The minimum atomic E-state index is -4.40.